The normalized spacial score (nSPS) is 14.3. The van der Waals surface area contributed by atoms with Gasteiger partial charge in [0.15, 0.2) is 5.16 Å². The van der Waals surface area contributed by atoms with Crippen molar-refractivity contribution in [2.24, 2.45) is 0 Å². The molecule has 2 aromatic heterocycles. The molecular weight excluding hydrogens is 430 g/mol. The number of methoxy groups -OCH3 is 1. The zero-order chi connectivity index (χ0) is 22.0. The quantitative estimate of drug-likeness (QED) is 0.422. The first-order valence-electron chi connectivity index (χ1n) is 10.7. The minimum atomic E-state index is -0.0845. The smallest absolute Gasteiger partial charge is 0.267 e. The van der Waals surface area contributed by atoms with Crippen LogP contribution in [0, 0.1) is 0 Å². The van der Waals surface area contributed by atoms with E-state index in [2.05, 4.69) is 5.32 Å². The van der Waals surface area contributed by atoms with Crippen LogP contribution in [-0.2, 0) is 17.6 Å². The van der Waals surface area contributed by atoms with Gasteiger partial charge in [0.1, 0.15) is 10.6 Å². The minimum absolute atomic E-state index is 0.0641. The highest BCUT2D eigenvalue weighted by molar-refractivity contribution is 7.99. The number of amides is 1. The third-order valence-electron chi connectivity index (χ3n) is 5.64. The molecule has 1 N–H and O–H groups in total. The van der Waals surface area contributed by atoms with Gasteiger partial charge >= 0.3 is 0 Å². The summed E-state index contributed by atoms with van der Waals surface area (Å²) < 4.78 is 7.15. The van der Waals surface area contributed by atoms with Crippen LogP contribution in [0.1, 0.15) is 43.6 Å². The van der Waals surface area contributed by atoms with Gasteiger partial charge in [0.2, 0.25) is 5.91 Å². The van der Waals surface area contributed by atoms with Gasteiger partial charge in [0.25, 0.3) is 5.56 Å². The molecule has 1 amide bonds. The third kappa shape index (κ3) is 4.36. The molecule has 1 unspecified atom stereocenters. The molecule has 0 bridgehead atoms. The second kappa shape index (κ2) is 9.44. The molecule has 6 nitrogen and oxygen atoms in total. The SMILES string of the molecule is CCC(C)NC(=O)CSc1nc2sc3c(c2c(=O)n1-c1ccccc1OC)CCCC3. The molecule has 0 saturated carbocycles. The first-order valence-corrected chi connectivity index (χ1v) is 12.5. The highest BCUT2D eigenvalue weighted by Gasteiger charge is 2.24. The van der Waals surface area contributed by atoms with Crippen molar-refractivity contribution in [3.63, 3.8) is 0 Å². The summed E-state index contributed by atoms with van der Waals surface area (Å²) in [6.07, 6.45) is 5.04. The summed E-state index contributed by atoms with van der Waals surface area (Å²) in [6, 6.07) is 7.55. The Morgan fingerprint density at radius 3 is 2.87 bits per heavy atom. The van der Waals surface area contributed by atoms with Crippen LogP contribution in [0.4, 0.5) is 0 Å². The lowest BCUT2D eigenvalue weighted by Crippen LogP contribution is -2.33. The Kier molecular flexibility index (Phi) is 6.67. The van der Waals surface area contributed by atoms with E-state index in [1.165, 1.54) is 16.6 Å². The Morgan fingerprint density at radius 2 is 2.10 bits per heavy atom. The molecule has 0 radical (unpaired) electrons. The largest absolute Gasteiger partial charge is 0.495 e. The fourth-order valence-electron chi connectivity index (χ4n) is 3.86. The van der Waals surface area contributed by atoms with Gasteiger partial charge in [0.05, 0.1) is 23.9 Å². The first-order chi connectivity index (χ1) is 15.0. The van der Waals surface area contributed by atoms with E-state index in [9.17, 15) is 9.59 Å². The average molecular weight is 458 g/mol. The number of thiophene rings is 1. The van der Waals surface area contributed by atoms with Crippen LogP contribution >= 0.6 is 23.1 Å². The van der Waals surface area contributed by atoms with Gasteiger partial charge in [-0.15, -0.1) is 11.3 Å². The van der Waals surface area contributed by atoms with Gasteiger partial charge in [-0.05, 0) is 56.7 Å². The van der Waals surface area contributed by atoms with Crippen molar-refractivity contribution in [3.05, 3.63) is 45.1 Å². The summed E-state index contributed by atoms with van der Waals surface area (Å²) >= 11 is 2.91. The fraction of sp³-hybridized carbons (Fsp3) is 0.435. The molecule has 4 rings (SSSR count). The van der Waals surface area contributed by atoms with E-state index >= 15 is 0 Å². The fourth-order valence-corrected chi connectivity index (χ4v) is 5.98. The maximum absolute atomic E-state index is 13.8. The lowest BCUT2D eigenvalue weighted by molar-refractivity contribution is -0.119. The number of nitrogens with one attached hydrogen (secondary N) is 1. The number of ether oxygens (including phenoxy) is 1. The van der Waals surface area contributed by atoms with Crippen molar-refractivity contribution in [2.75, 3.05) is 12.9 Å². The van der Waals surface area contributed by atoms with Gasteiger partial charge in [-0.1, -0.05) is 30.8 Å². The van der Waals surface area contributed by atoms with Gasteiger partial charge in [0, 0.05) is 10.9 Å². The summed E-state index contributed by atoms with van der Waals surface area (Å²) in [5.74, 6) is 0.731. The molecule has 31 heavy (non-hydrogen) atoms. The van der Waals surface area contributed by atoms with E-state index in [1.54, 1.807) is 23.0 Å². The van der Waals surface area contributed by atoms with Crippen LogP contribution in [0.3, 0.4) is 0 Å². The lowest BCUT2D eigenvalue weighted by atomic mass is 9.97. The molecule has 1 aromatic carbocycles. The van der Waals surface area contributed by atoms with Crippen LogP contribution in [-0.4, -0.2) is 34.4 Å². The molecule has 1 aliphatic rings. The first kappa shape index (κ1) is 21.9. The molecule has 1 atom stereocenters. The van der Waals surface area contributed by atoms with E-state index in [0.29, 0.717) is 16.6 Å². The van der Waals surface area contributed by atoms with Gasteiger partial charge < -0.3 is 10.1 Å². The molecule has 8 heteroatoms. The van der Waals surface area contributed by atoms with Gasteiger partial charge in [-0.2, -0.15) is 0 Å². The van der Waals surface area contributed by atoms with Crippen LogP contribution in [0.2, 0.25) is 0 Å². The number of thioether (sulfide) groups is 1. The number of hydrogen-bond acceptors (Lipinski definition) is 6. The highest BCUT2D eigenvalue weighted by atomic mass is 32.2. The monoisotopic (exact) mass is 457 g/mol. The van der Waals surface area contributed by atoms with E-state index < -0.39 is 0 Å². The topological polar surface area (TPSA) is 73.2 Å². The summed E-state index contributed by atoms with van der Waals surface area (Å²) in [5, 5.41) is 4.21. The summed E-state index contributed by atoms with van der Waals surface area (Å²) in [6.45, 7) is 4.01. The standard InChI is InChI=1S/C23H27N3O3S2/c1-4-14(2)24-19(27)13-30-23-25-21-20(15-9-5-8-12-18(15)31-21)22(28)26(23)16-10-6-7-11-17(16)29-3/h6-7,10-11,14H,4-5,8-9,12-13H2,1-3H3,(H,24,27). The number of aromatic nitrogens is 2. The summed E-state index contributed by atoms with van der Waals surface area (Å²) in [4.78, 5) is 33.1. The number of rotatable bonds is 7. The Hall–Kier alpha value is -2.32. The Morgan fingerprint density at radius 1 is 1.32 bits per heavy atom. The minimum Gasteiger partial charge on any atom is -0.495 e. The van der Waals surface area contributed by atoms with E-state index in [1.807, 2.05) is 38.1 Å². The zero-order valence-corrected chi connectivity index (χ0v) is 19.7. The molecule has 3 aromatic rings. The number of benzene rings is 1. The van der Waals surface area contributed by atoms with Crippen molar-refractivity contribution in [1.82, 2.24) is 14.9 Å². The van der Waals surface area contributed by atoms with Crippen molar-refractivity contribution >= 4 is 39.2 Å². The van der Waals surface area contributed by atoms with E-state index in [-0.39, 0.29) is 23.3 Å². The number of para-hydroxylation sites is 2. The van der Waals surface area contributed by atoms with Gasteiger partial charge in [-0.25, -0.2) is 4.98 Å². The Balaban J connectivity index is 1.83. The second-order valence-corrected chi connectivity index (χ2v) is 9.79. The molecule has 2 heterocycles. The molecular formula is C23H27N3O3S2. The molecule has 0 fully saturated rings. The molecule has 164 valence electrons. The van der Waals surface area contributed by atoms with Crippen LogP contribution in [0.15, 0.2) is 34.2 Å². The summed E-state index contributed by atoms with van der Waals surface area (Å²) in [5.41, 5.74) is 1.71. The van der Waals surface area contributed by atoms with Crippen LogP contribution < -0.4 is 15.6 Å². The number of aryl methyl sites for hydroxylation is 2. The van der Waals surface area contributed by atoms with Crippen molar-refractivity contribution < 1.29 is 9.53 Å². The second-order valence-electron chi connectivity index (χ2n) is 7.76. The lowest BCUT2D eigenvalue weighted by Gasteiger charge is -2.16. The highest BCUT2D eigenvalue weighted by Crippen LogP contribution is 2.36. The number of carbonyl (C=O) groups is 1. The van der Waals surface area contributed by atoms with Crippen molar-refractivity contribution in [3.8, 4) is 11.4 Å². The molecule has 1 aliphatic carbocycles. The Labute approximate surface area is 190 Å². The number of nitrogens with zero attached hydrogens (tertiary/aromatic N) is 2. The molecule has 0 saturated heterocycles. The van der Waals surface area contributed by atoms with Gasteiger partial charge in [-0.3, -0.25) is 14.2 Å². The number of hydrogen-bond donors (Lipinski definition) is 1. The number of carbonyl (C=O) groups excluding carboxylic acids is 1. The Bertz CT molecular complexity index is 1170. The molecule has 0 spiro atoms. The van der Waals surface area contributed by atoms with Crippen molar-refractivity contribution in [2.45, 2.75) is 57.1 Å². The molecule has 0 aliphatic heterocycles. The average Bonchev–Trinajstić information content (AvgIpc) is 3.16. The van der Waals surface area contributed by atoms with E-state index in [4.69, 9.17) is 9.72 Å². The maximum Gasteiger partial charge on any atom is 0.267 e. The van der Waals surface area contributed by atoms with E-state index in [0.717, 1.165) is 47.9 Å². The predicted molar refractivity (Wildman–Crippen MR) is 127 cm³/mol. The maximum atomic E-state index is 13.8. The number of fused-ring (bicyclic) bond motifs is 3. The van der Waals surface area contributed by atoms with Crippen molar-refractivity contribution in [1.29, 1.82) is 0 Å². The third-order valence-corrected chi connectivity index (χ3v) is 7.76. The van der Waals surface area contributed by atoms with Crippen LogP contribution in [0.5, 0.6) is 5.75 Å². The van der Waals surface area contributed by atoms with Crippen LogP contribution in [0.25, 0.3) is 15.9 Å². The predicted octanol–water partition coefficient (Wildman–Crippen LogP) is 4.34. The zero-order valence-electron chi connectivity index (χ0n) is 18.1. The summed E-state index contributed by atoms with van der Waals surface area (Å²) in [7, 11) is 1.59.